The molecule has 1 atom stereocenters. The molecule has 13 heavy (non-hydrogen) atoms. The average Bonchev–Trinajstić information content (AvgIpc) is 2.03. The van der Waals surface area contributed by atoms with Crippen molar-refractivity contribution in [2.45, 2.75) is 24.6 Å². The van der Waals surface area contributed by atoms with Gasteiger partial charge in [0.25, 0.3) is 5.92 Å². The van der Waals surface area contributed by atoms with Gasteiger partial charge in [-0.3, -0.25) is 0 Å². The number of rotatable bonds is 2. The normalized spacial score (nSPS) is 14.2. The van der Waals surface area contributed by atoms with E-state index in [1.165, 1.54) is 12.1 Å². The van der Waals surface area contributed by atoms with Crippen LogP contribution in [0.4, 0.5) is 8.78 Å². The maximum Gasteiger partial charge on any atom is 0.270 e. The minimum absolute atomic E-state index is 0.0596. The van der Waals surface area contributed by atoms with Crippen molar-refractivity contribution >= 4 is 15.9 Å². The second-order valence-electron chi connectivity index (χ2n) is 3.13. The van der Waals surface area contributed by atoms with Gasteiger partial charge in [-0.15, -0.1) is 0 Å². The van der Waals surface area contributed by atoms with E-state index in [4.69, 9.17) is 0 Å². The summed E-state index contributed by atoms with van der Waals surface area (Å²) >= 11 is 3.37. The zero-order chi connectivity index (χ0) is 10.1. The third-order valence-electron chi connectivity index (χ3n) is 1.88. The van der Waals surface area contributed by atoms with Gasteiger partial charge in [0.15, 0.2) is 0 Å². The molecule has 0 N–H and O–H groups in total. The van der Waals surface area contributed by atoms with E-state index in [9.17, 15) is 8.78 Å². The molecule has 0 saturated heterocycles. The molecule has 72 valence electrons. The van der Waals surface area contributed by atoms with Crippen molar-refractivity contribution < 1.29 is 8.78 Å². The maximum absolute atomic E-state index is 12.8. The molecule has 0 nitrogen and oxygen atoms in total. The highest BCUT2D eigenvalue weighted by Crippen LogP contribution is 2.29. The first-order chi connectivity index (χ1) is 5.91. The van der Waals surface area contributed by atoms with Gasteiger partial charge in [-0.05, 0) is 12.5 Å². The minimum Gasteiger partial charge on any atom is -0.202 e. The van der Waals surface area contributed by atoms with Gasteiger partial charge in [0.2, 0.25) is 0 Å². The van der Waals surface area contributed by atoms with Crippen LogP contribution in [-0.4, -0.2) is 0 Å². The summed E-state index contributed by atoms with van der Waals surface area (Å²) in [6.07, 6.45) is 0. The lowest BCUT2D eigenvalue weighted by Gasteiger charge is -2.11. The van der Waals surface area contributed by atoms with Gasteiger partial charge in [0.05, 0.1) is 0 Å². The lowest BCUT2D eigenvalue weighted by molar-refractivity contribution is 0.0174. The molecule has 0 saturated carbocycles. The molecule has 0 spiro atoms. The molecule has 0 aromatic heterocycles. The lowest BCUT2D eigenvalue weighted by Crippen LogP contribution is -2.06. The van der Waals surface area contributed by atoms with Gasteiger partial charge in [-0.2, -0.15) is 0 Å². The molecule has 0 aliphatic rings. The van der Waals surface area contributed by atoms with Crippen molar-refractivity contribution in [1.29, 1.82) is 0 Å². The fourth-order valence-electron chi connectivity index (χ4n) is 1.04. The average molecular weight is 249 g/mol. The van der Waals surface area contributed by atoms with Crippen LogP contribution in [0, 0.1) is 0 Å². The molecule has 1 aromatic rings. The largest absolute Gasteiger partial charge is 0.270 e. The van der Waals surface area contributed by atoms with E-state index in [-0.39, 0.29) is 10.4 Å². The van der Waals surface area contributed by atoms with E-state index in [2.05, 4.69) is 15.9 Å². The summed E-state index contributed by atoms with van der Waals surface area (Å²) in [7, 11) is 0. The van der Waals surface area contributed by atoms with E-state index in [1.54, 1.807) is 12.1 Å². The predicted molar refractivity (Wildman–Crippen MR) is 53.4 cm³/mol. The van der Waals surface area contributed by atoms with Gasteiger partial charge in [-0.25, -0.2) is 8.78 Å². The number of halogens is 3. The number of hydrogen-bond acceptors (Lipinski definition) is 0. The first-order valence-electron chi connectivity index (χ1n) is 4.03. The zero-order valence-corrected chi connectivity index (χ0v) is 9.11. The van der Waals surface area contributed by atoms with E-state index >= 15 is 0 Å². The van der Waals surface area contributed by atoms with Crippen molar-refractivity contribution in [2.24, 2.45) is 0 Å². The van der Waals surface area contributed by atoms with Crippen LogP contribution in [0.25, 0.3) is 0 Å². The molecule has 0 heterocycles. The van der Waals surface area contributed by atoms with Crippen LogP contribution in [-0.2, 0) is 5.92 Å². The standard InChI is InChI=1S/C10H11BrF2/c1-7(11)8-3-5-9(6-4-8)10(2,12)13/h3-7H,1-2H3. The SMILES string of the molecule is CC(Br)c1ccc(C(C)(F)F)cc1. The molecule has 0 aliphatic heterocycles. The van der Waals surface area contributed by atoms with Gasteiger partial charge in [0.1, 0.15) is 0 Å². The molecular formula is C10H11BrF2. The highest BCUT2D eigenvalue weighted by Gasteiger charge is 2.23. The lowest BCUT2D eigenvalue weighted by atomic mass is 10.1. The summed E-state index contributed by atoms with van der Waals surface area (Å²) < 4.78 is 25.6. The summed E-state index contributed by atoms with van der Waals surface area (Å²) in [5.74, 6) is -2.74. The van der Waals surface area contributed by atoms with E-state index < -0.39 is 5.92 Å². The Hall–Kier alpha value is -0.440. The number of benzene rings is 1. The van der Waals surface area contributed by atoms with Gasteiger partial charge >= 0.3 is 0 Å². The number of alkyl halides is 3. The maximum atomic E-state index is 12.8. The summed E-state index contributed by atoms with van der Waals surface area (Å²) in [6, 6.07) is 6.36. The van der Waals surface area contributed by atoms with Gasteiger partial charge in [0, 0.05) is 17.3 Å². The summed E-state index contributed by atoms with van der Waals surface area (Å²) in [5.41, 5.74) is 1.07. The Morgan fingerprint density at radius 2 is 1.69 bits per heavy atom. The van der Waals surface area contributed by atoms with Gasteiger partial charge < -0.3 is 0 Å². The quantitative estimate of drug-likeness (QED) is 0.687. The van der Waals surface area contributed by atoms with Crippen molar-refractivity contribution in [2.75, 3.05) is 0 Å². The smallest absolute Gasteiger partial charge is 0.202 e. The van der Waals surface area contributed by atoms with Crippen LogP contribution >= 0.6 is 15.9 Å². The van der Waals surface area contributed by atoms with E-state index in [1.807, 2.05) is 6.92 Å². The van der Waals surface area contributed by atoms with Crippen LogP contribution in [0.15, 0.2) is 24.3 Å². The van der Waals surface area contributed by atoms with Crippen molar-refractivity contribution in [3.63, 3.8) is 0 Å². The predicted octanol–water partition coefficient (Wildman–Crippen LogP) is 4.25. The first-order valence-corrected chi connectivity index (χ1v) is 4.95. The molecule has 1 aromatic carbocycles. The molecule has 0 bridgehead atoms. The Morgan fingerprint density at radius 3 is 2.00 bits per heavy atom. The fraction of sp³-hybridized carbons (Fsp3) is 0.400. The highest BCUT2D eigenvalue weighted by molar-refractivity contribution is 9.09. The molecule has 1 unspecified atom stereocenters. The molecule has 0 amide bonds. The van der Waals surface area contributed by atoms with Crippen LogP contribution in [0.3, 0.4) is 0 Å². The van der Waals surface area contributed by atoms with Crippen molar-refractivity contribution in [1.82, 2.24) is 0 Å². The van der Waals surface area contributed by atoms with Crippen LogP contribution in [0.5, 0.6) is 0 Å². The molecular weight excluding hydrogens is 238 g/mol. The zero-order valence-electron chi connectivity index (χ0n) is 7.52. The third-order valence-corrected chi connectivity index (χ3v) is 2.41. The second kappa shape index (κ2) is 3.74. The van der Waals surface area contributed by atoms with E-state index in [0.717, 1.165) is 12.5 Å². The third kappa shape index (κ3) is 2.76. The summed E-state index contributed by atoms with van der Waals surface area (Å²) in [4.78, 5) is 0.201. The Labute approximate surface area is 85.1 Å². The first kappa shape index (κ1) is 10.6. The number of hydrogen-bond donors (Lipinski definition) is 0. The monoisotopic (exact) mass is 248 g/mol. The Balaban J connectivity index is 2.94. The minimum atomic E-state index is -2.74. The Bertz CT molecular complexity index is 272. The molecule has 1 rings (SSSR count). The Morgan fingerprint density at radius 1 is 1.23 bits per heavy atom. The second-order valence-corrected chi connectivity index (χ2v) is 4.50. The summed E-state index contributed by atoms with van der Waals surface area (Å²) in [6.45, 7) is 2.86. The molecule has 0 radical (unpaired) electrons. The Kier molecular flexibility index (Phi) is 3.06. The summed E-state index contributed by atoms with van der Waals surface area (Å²) in [5, 5.41) is 0. The van der Waals surface area contributed by atoms with Crippen molar-refractivity contribution in [3.8, 4) is 0 Å². The fourth-order valence-corrected chi connectivity index (χ4v) is 1.35. The molecule has 0 fully saturated rings. The highest BCUT2D eigenvalue weighted by atomic mass is 79.9. The van der Waals surface area contributed by atoms with Gasteiger partial charge in [-0.1, -0.05) is 40.2 Å². The van der Waals surface area contributed by atoms with Crippen LogP contribution in [0.2, 0.25) is 0 Å². The van der Waals surface area contributed by atoms with E-state index in [0.29, 0.717) is 0 Å². The van der Waals surface area contributed by atoms with Crippen LogP contribution in [0.1, 0.15) is 29.8 Å². The molecule has 0 aliphatic carbocycles. The van der Waals surface area contributed by atoms with Crippen molar-refractivity contribution in [3.05, 3.63) is 35.4 Å². The van der Waals surface area contributed by atoms with Crippen LogP contribution < -0.4 is 0 Å². The molecule has 3 heteroatoms. The topological polar surface area (TPSA) is 0 Å².